The molecule has 0 aliphatic heterocycles. The van der Waals surface area contributed by atoms with Crippen molar-refractivity contribution in [3.05, 3.63) is 0 Å². The Kier molecular flexibility index (Phi) is 8.29. The molecule has 0 heterocycles. The van der Waals surface area contributed by atoms with Gasteiger partial charge in [0, 0.05) is 25.1 Å². The number of aliphatic imine (C=N–C) groups is 1. The highest BCUT2D eigenvalue weighted by molar-refractivity contribution is 7.99. The number of thioether (sulfide) groups is 1. The number of nitrogens with one attached hydrogen (secondary N) is 2. The highest BCUT2D eigenvalue weighted by Gasteiger charge is 2.06. The standard InChI is InChI=1S/C9H17N5OS/c1-7(15)8(11)5-16-4-3-13-9(12-2)14-6-10/h8H,3-5,11H2,1-2H3,(H2,12,13,14). The summed E-state index contributed by atoms with van der Waals surface area (Å²) in [6.07, 6.45) is 1.78. The Balaban J connectivity index is 3.54. The average molecular weight is 243 g/mol. The minimum Gasteiger partial charge on any atom is -0.355 e. The van der Waals surface area contributed by atoms with E-state index in [1.54, 1.807) is 25.0 Å². The summed E-state index contributed by atoms with van der Waals surface area (Å²) in [5.41, 5.74) is 5.56. The summed E-state index contributed by atoms with van der Waals surface area (Å²) in [6.45, 7) is 2.15. The number of hydrogen-bond donors (Lipinski definition) is 3. The van der Waals surface area contributed by atoms with Gasteiger partial charge < -0.3 is 11.1 Å². The van der Waals surface area contributed by atoms with Gasteiger partial charge in [0.15, 0.2) is 6.19 Å². The summed E-state index contributed by atoms with van der Waals surface area (Å²) >= 11 is 1.59. The minimum atomic E-state index is -0.387. The topological polar surface area (TPSA) is 103 Å². The molecule has 6 nitrogen and oxygen atoms in total. The van der Waals surface area contributed by atoms with Crippen molar-refractivity contribution in [1.82, 2.24) is 10.6 Å². The molecule has 1 atom stereocenters. The van der Waals surface area contributed by atoms with E-state index in [4.69, 9.17) is 11.0 Å². The zero-order valence-corrected chi connectivity index (χ0v) is 10.3. The number of rotatable bonds is 6. The molecule has 0 aliphatic rings. The van der Waals surface area contributed by atoms with E-state index in [-0.39, 0.29) is 11.8 Å². The Morgan fingerprint density at radius 2 is 2.38 bits per heavy atom. The molecule has 0 bridgehead atoms. The minimum absolute atomic E-state index is 0.00224. The third-order valence-corrected chi connectivity index (χ3v) is 2.84. The normalized spacial score (nSPS) is 12.8. The molecular formula is C9H17N5OS. The summed E-state index contributed by atoms with van der Waals surface area (Å²) in [4.78, 5) is 14.7. The Hall–Kier alpha value is -1.26. The molecule has 0 radical (unpaired) electrons. The maximum absolute atomic E-state index is 10.8. The number of Topliss-reactive ketones (excluding diaryl/α,β-unsaturated/α-hetero) is 1. The Morgan fingerprint density at radius 3 is 2.88 bits per heavy atom. The summed E-state index contributed by atoms with van der Waals surface area (Å²) in [5, 5.41) is 13.7. The van der Waals surface area contributed by atoms with E-state index < -0.39 is 0 Å². The molecule has 0 aromatic carbocycles. The first-order valence-electron chi connectivity index (χ1n) is 4.81. The third kappa shape index (κ3) is 7.09. The van der Waals surface area contributed by atoms with Crippen LogP contribution in [0.3, 0.4) is 0 Å². The zero-order chi connectivity index (χ0) is 12.4. The van der Waals surface area contributed by atoms with Crippen molar-refractivity contribution in [1.29, 1.82) is 5.26 Å². The van der Waals surface area contributed by atoms with Gasteiger partial charge in [-0.05, 0) is 6.92 Å². The molecule has 0 aromatic heterocycles. The van der Waals surface area contributed by atoms with Crippen LogP contribution in [0.4, 0.5) is 0 Å². The van der Waals surface area contributed by atoms with Crippen molar-refractivity contribution in [2.45, 2.75) is 13.0 Å². The molecule has 0 fully saturated rings. The van der Waals surface area contributed by atoms with Crippen molar-refractivity contribution >= 4 is 23.5 Å². The Labute approximate surface area is 99.7 Å². The van der Waals surface area contributed by atoms with Crippen LogP contribution in [0.1, 0.15) is 6.92 Å². The number of nitriles is 1. The predicted molar refractivity (Wildman–Crippen MR) is 66.1 cm³/mol. The smallest absolute Gasteiger partial charge is 0.204 e. The average Bonchev–Trinajstić information content (AvgIpc) is 2.26. The van der Waals surface area contributed by atoms with Crippen LogP contribution in [0.2, 0.25) is 0 Å². The molecule has 0 amide bonds. The molecule has 0 saturated carbocycles. The Bertz CT molecular complexity index is 286. The fourth-order valence-corrected chi connectivity index (χ4v) is 1.70. The van der Waals surface area contributed by atoms with Crippen LogP contribution < -0.4 is 16.4 Å². The van der Waals surface area contributed by atoms with Crippen LogP contribution >= 0.6 is 11.8 Å². The van der Waals surface area contributed by atoms with E-state index in [0.717, 1.165) is 5.75 Å². The highest BCUT2D eigenvalue weighted by atomic mass is 32.2. The first kappa shape index (κ1) is 14.7. The van der Waals surface area contributed by atoms with E-state index in [2.05, 4.69) is 15.6 Å². The lowest BCUT2D eigenvalue weighted by Gasteiger charge is -2.08. The van der Waals surface area contributed by atoms with Crippen molar-refractivity contribution in [2.24, 2.45) is 10.7 Å². The molecule has 7 heteroatoms. The highest BCUT2D eigenvalue weighted by Crippen LogP contribution is 2.00. The lowest BCUT2D eigenvalue weighted by Crippen LogP contribution is -2.36. The summed E-state index contributed by atoms with van der Waals surface area (Å²) in [6, 6.07) is -0.387. The summed E-state index contributed by atoms with van der Waals surface area (Å²) < 4.78 is 0. The first-order chi connectivity index (χ1) is 7.61. The quantitative estimate of drug-likeness (QED) is 0.187. The van der Waals surface area contributed by atoms with Crippen LogP contribution in [0.5, 0.6) is 0 Å². The molecular weight excluding hydrogens is 226 g/mol. The first-order valence-corrected chi connectivity index (χ1v) is 5.96. The van der Waals surface area contributed by atoms with Gasteiger partial charge in [0.25, 0.3) is 0 Å². The van der Waals surface area contributed by atoms with Gasteiger partial charge in [-0.15, -0.1) is 0 Å². The van der Waals surface area contributed by atoms with Crippen LogP contribution in [0.25, 0.3) is 0 Å². The van der Waals surface area contributed by atoms with Gasteiger partial charge >= 0.3 is 0 Å². The maximum Gasteiger partial charge on any atom is 0.204 e. The molecule has 1 unspecified atom stereocenters. The van der Waals surface area contributed by atoms with E-state index in [1.165, 1.54) is 6.92 Å². The molecule has 0 rings (SSSR count). The summed E-state index contributed by atoms with van der Waals surface area (Å²) in [7, 11) is 1.59. The lowest BCUT2D eigenvalue weighted by atomic mass is 10.3. The number of hydrogen-bond acceptors (Lipinski definition) is 5. The number of nitrogens with zero attached hydrogens (tertiary/aromatic N) is 2. The van der Waals surface area contributed by atoms with Gasteiger partial charge in [-0.2, -0.15) is 17.0 Å². The van der Waals surface area contributed by atoms with E-state index in [9.17, 15) is 4.79 Å². The van der Waals surface area contributed by atoms with Gasteiger partial charge in [0.1, 0.15) is 5.78 Å². The van der Waals surface area contributed by atoms with Crippen molar-refractivity contribution in [3.8, 4) is 6.19 Å². The van der Waals surface area contributed by atoms with Gasteiger partial charge in [-0.3, -0.25) is 15.1 Å². The van der Waals surface area contributed by atoms with Crippen molar-refractivity contribution < 1.29 is 4.79 Å². The summed E-state index contributed by atoms with van der Waals surface area (Å²) in [5.74, 6) is 1.86. The van der Waals surface area contributed by atoms with Crippen molar-refractivity contribution in [2.75, 3.05) is 25.1 Å². The van der Waals surface area contributed by atoms with Gasteiger partial charge in [-0.1, -0.05) is 0 Å². The van der Waals surface area contributed by atoms with Crippen LogP contribution in [0, 0.1) is 11.5 Å². The van der Waals surface area contributed by atoms with Crippen molar-refractivity contribution in [3.63, 3.8) is 0 Å². The predicted octanol–water partition coefficient (Wildman–Crippen LogP) is -0.718. The second kappa shape index (κ2) is 9.00. The Morgan fingerprint density at radius 1 is 1.69 bits per heavy atom. The largest absolute Gasteiger partial charge is 0.355 e. The number of guanidine groups is 1. The molecule has 0 saturated heterocycles. The molecule has 0 spiro atoms. The van der Waals surface area contributed by atoms with Crippen LogP contribution in [0.15, 0.2) is 4.99 Å². The zero-order valence-electron chi connectivity index (χ0n) is 9.49. The van der Waals surface area contributed by atoms with Crippen LogP contribution in [-0.2, 0) is 4.79 Å². The third-order valence-electron chi connectivity index (χ3n) is 1.76. The number of ketones is 1. The molecule has 4 N–H and O–H groups in total. The second-order valence-electron chi connectivity index (χ2n) is 3.03. The van der Waals surface area contributed by atoms with Crippen LogP contribution in [-0.4, -0.2) is 42.9 Å². The van der Waals surface area contributed by atoms with E-state index >= 15 is 0 Å². The fraction of sp³-hybridized carbons (Fsp3) is 0.667. The molecule has 0 aliphatic carbocycles. The molecule has 0 aromatic rings. The van der Waals surface area contributed by atoms with E-state index in [0.29, 0.717) is 18.3 Å². The lowest BCUT2D eigenvalue weighted by molar-refractivity contribution is -0.117. The monoisotopic (exact) mass is 243 g/mol. The number of carbonyl (C=O) groups is 1. The maximum atomic E-state index is 10.8. The van der Waals surface area contributed by atoms with Gasteiger partial charge in [0.05, 0.1) is 6.04 Å². The molecule has 90 valence electrons. The van der Waals surface area contributed by atoms with E-state index in [1.807, 2.05) is 0 Å². The number of nitrogens with two attached hydrogens (primary N) is 1. The van der Waals surface area contributed by atoms with Gasteiger partial charge in [0.2, 0.25) is 5.96 Å². The SMILES string of the molecule is CN=C(NC#N)NCCSCC(N)C(C)=O. The van der Waals surface area contributed by atoms with Gasteiger partial charge in [-0.25, -0.2) is 0 Å². The second-order valence-corrected chi connectivity index (χ2v) is 4.18. The number of carbonyl (C=O) groups excluding carboxylic acids is 1. The fourth-order valence-electron chi connectivity index (χ4n) is 0.801. The molecule has 16 heavy (non-hydrogen) atoms.